The molecule has 2 aliphatic rings. The van der Waals surface area contributed by atoms with Gasteiger partial charge in [0, 0.05) is 37.6 Å². The van der Waals surface area contributed by atoms with Crippen LogP contribution in [0.2, 0.25) is 0 Å². The van der Waals surface area contributed by atoms with Crippen molar-refractivity contribution in [2.75, 3.05) is 38.6 Å². The highest BCUT2D eigenvalue weighted by Gasteiger charge is 2.38. The number of carbonyl (C=O) groups is 1. The summed E-state index contributed by atoms with van der Waals surface area (Å²) in [5.74, 6) is 0.425. The van der Waals surface area contributed by atoms with E-state index in [0.717, 1.165) is 32.8 Å². The van der Waals surface area contributed by atoms with Crippen molar-refractivity contribution in [2.24, 2.45) is 0 Å². The Morgan fingerprint density at radius 2 is 1.92 bits per heavy atom. The van der Waals surface area contributed by atoms with Crippen LogP contribution in [0.5, 0.6) is 0 Å². The minimum absolute atomic E-state index is 0.0608. The van der Waals surface area contributed by atoms with Gasteiger partial charge in [0.2, 0.25) is 5.91 Å². The van der Waals surface area contributed by atoms with Gasteiger partial charge in [-0.05, 0) is 18.9 Å². The highest BCUT2D eigenvalue weighted by Crippen LogP contribution is 2.33. The molecular formula is C17H26N4O2S. The van der Waals surface area contributed by atoms with E-state index in [0.29, 0.717) is 10.9 Å². The first-order chi connectivity index (χ1) is 11.8. The van der Waals surface area contributed by atoms with Gasteiger partial charge < -0.3 is 10.1 Å². The SMILES string of the molecule is O=C(CSc1ncccn1)NCC1(N2CCOCC2)CCCCC1. The molecule has 0 atom stereocenters. The summed E-state index contributed by atoms with van der Waals surface area (Å²) >= 11 is 1.38. The van der Waals surface area contributed by atoms with Crippen LogP contribution in [0, 0.1) is 0 Å². The summed E-state index contributed by atoms with van der Waals surface area (Å²) in [5, 5.41) is 3.81. The zero-order valence-corrected chi connectivity index (χ0v) is 14.9. The number of carbonyl (C=O) groups excluding carboxylic acids is 1. The fourth-order valence-corrected chi connectivity index (χ4v) is 4.29. The summed E-state index contributed by atoms with van der Waals surface area (Å²) in [6.45, 7) is 4.29. The number of hydrogen-bond acceptors (Lipinski definition) is 6. The first-order valence-electron chi connectivity index (χ1n) is 8.78. The molecule has 0 unspecified atom stereocenters. The summed E-state index contributed by atoms with van der Waals surface area (Å²) < 4.78 is 5.50. The fraction of sp³-hybridized carbons (Fsp3) is 0.706. The number of amides is 1. The summed E-state index contributed by atoms with van der Waals surface area (Å²) in [7, 11) is 0. The van der Waals surface area contributed by atoms with Crippen LogP contribution in [0.4, 0.5) is 0 Å². The molecule has 0 spiro atoms. The Hall–Kier alpha value is -1.18. The zero-order chi connectivity index (χ0) is 16.7. The molecule has 2 fully saturated rings. The van der Waals surface area contributed by atoms with Gasteiger partial charge in [0.25, 0.3) is 0 Å². The maximum absolute atomic E-state index is 12.3. The summed E-state index contributed by atoms with van der Waals surface area (Å²) in [4.78, 5) is 23.1. The number of ether oxygens (including phenoxy) is 1. The van der Waals surface area contributed by atoms with Crippen molar-refractivity contribution in [3.63, 3.8) is 0 Å². The van der Waals surface area contributed by atoms with Gasteiger partial charge in [-0.1, -0.05) is 31.0 Å². The molecule has 7 heteroatoms. The normalized spacial score (nSPS) is 21.3. The molecule has 3 rings (SSSR count). The minimum atomic E-state index is 0.0608. The third-order valence-corrected chi connectivity index (χ3v) is 5.83. The molecule has 0 bridgehead atoms. The maximum atomic E-state index is 12.3. The van der Waals surface area contributed by atoms with Crippen molar-refractivity contribution >= 4 is 17.7 Å². The molecule has 132 valence electrons. The van der Waals surface area contributed by atoms with E-state index >= 15 is 0 Å². The van der Waals surface area contributed by atoms with Gasteiger partial charge in [0.05, 0.1) is 19.0 Å². The van der Waals surface area contributed by atoms with Crippen LogP contribution < -0.4 is 5.32 Å². The summed E-state index contributed by atoms with van der Waals surface area (Å²) in [6.07, 6.45) is 9.54. The highest BCUT2D eigenvalue weighted by atomic mass is 32.2. The van der Waals surface area contributed by atoms with E-state index in [9.17, 15) is 4.79 Å². The van der Waals surface area contributed by atoms with E-state index in [2.05, 4.69) is 20.2 Å². The second-order valence-corrected chi connectivity index (χ2v) is 7.42. The first-order valence-corrected chi connectivity index (χ1v) is 9.76. The topological polar surface area (TPSA) is 67.4 Å². The molecule has 1 aliphatic heterocycles. The molecule has 1 saturated heterocycles. The Morgan fingerprint density at radius 3 is 2.62 bits per heavy atom. The molecule has 1 aromatic heterocycles. The van der Waals surface area contributed by atoms with Gasteiger partial charge >= 0.3 is 0 Å². The van der Waals surface area contributed by atoms with Gasteiger partial charge in [-0.2, -0.15) is 0 Å². The lowest BCUT2D eigenvalue weighted by Gasteiger charge is -2.48. The summed E-state index contributed by atoms with van der Waals surface area (Å²) in [6, 6.07) is 1.78. The zero-order valence-electron chi connectivity index (χ0n) is 14.1. The summed E-state index contributed by atoms with van der Waals surface area (Å²) in [5.41, 5.74) is 0.117. The smallest absolute Gasteiger partial charge is 0.230 e. The Kier molecular flexibility index (Phi) is 6.45. The minimum Gasteiger partial charge on any atom is -0.379 e. The number of morpholine rings is 1. The Morgan fingerprint density at radius 1 is 1.21 bits per heavy atom. The van der Waals surface area contributed by atoms with E-state index in [4.69, 9.17) is 4.74 Å². The van der Waals surface area contributed by atoms with Crippen molar-refractivity contribution in [1.29, 1.82) is 0 Å². The second kappa shape index (κ2) is 8.78. The van der Waals surface area contributed by atoms with Crippen LogP contribution in [-0.2, 0) is 9.53 Å². The van der Waals surface area contributed by atoms with Gasteiger partial charge in [0.15, 0.2) is 5.16 Å². The molecule has 6 nitrogen and oxygen atoms in total. The van der Waals surface area contributed by atoms with Crippen LogP contribution in [0.15, 0.2) is 23.6 Å². The maximum Gasteiger partial charge on any atom is 0.230 e. The van der Waals surface area contributed by atoms with Crippen molar-refractivity contribution < 1.29 is 9.53 Å². The van der Waals surface area contributed by atoms with Gasteiger partial charge in [-0.3, -0.25) is 9.69 Å². The van der Waals surface area contributed by atoms with Crippen molar-refractivity contribution in [1.82, 2.24) is 20.2 Å². The average Bonchev–Trinajstić information content (AvgIpc) is 2.67. The lowest BCUT2D eigenvalue weighted by Crippen LogP contribution is -2.59. The van der Waals surface area contributed by atoms with E-state index in [1.165, 1.54) is 43.9 Å². The molecule has 1 amide bonds. The standard InChI is InChI=1S/C17H26N4O2S/c22-15(13-24-16-18-7-4-8-19-16)20-14-17(5-2-1-3-6-17)21-9-11-23-12-10-21/h4,7-8H,1-3,5-6,9-14H2,(H,20,22). The first kappa shape index (κ1) is 17.6. The third-order valence-electron chi connectivity index (χ3n) is 4.96. The molecule has 1 aromatic rings. The lowest BCUT2D eigenvalue weighted by molar-refractivity contribution is -0.119. The van der Waals surface area contributed by atoms with Crippen LogP contribution in [-0.4, -0.2) is 64.9 Å². The van der Waals surface area contributed by atoms with Crippen LogP contribution in [0.1, 0.15) is 32.1 Å². The third kappa shape index (κ3) is 4.68. The highest BCUT2D eigenvalue weighted by molar-refractivity contribution is 7.99. The predicted molar refractivity (Wildman–Crippen MR) is 94.0 cm³/mol. The number of aromatic nitrogens is 2. The quantitative estimate of drug-likeness (QED) is 0.622. The van der Waals surface area contributed by atoms with Gasteiger partial charge in [-0.25, -0.2) is 9.97 Å². The van der Waals surface area contributed by atoms with E-state index in [1.807, 2.05) is 0 Å². The van der Waals surface area contributed by atoms with Gasteiger partial charge in [-0.15, -0.1) is 0 Å². The molecule has 1 aliphatic carbocycles. The molecule has 2 heterocycles. The monoisotopic (exact) mass is 350 g/mol. The van der Waals surface area contributed by atoms with Crippen LogP contribution >= 0.6 is 11.8 Å². The van der Waals surface area contributed by atoms with Crippen molar-refractivity contribution in [2.45, 2.75) is 42.8 Å². The van der Waals surface area contributed by atoms with E-state index < -0.39 is 0 Å². The molecule has 24 heavy (non-hydrogen) atoms. The van der Waals surface area contributed by atoms with Gasteiger partial charge in [0.1, 0.15) is 0 Å². The Bertz CT molecular complexity index is 517. The predicted octanol–water partition coefficient (Wildman–Crippen LogP) is 1.72. The van der Waals surface area contributed by atoms with Crippen LogP contribution in [0.3, 0.4) is 0 Å². The molecule has 0 radical (unpaired) electrons. The molecular weight excluding hydrogens is 324 g/mol. The Labute approximate surface area is 147 Å². The molecule has 1 N–H and O–H groups in total. The second-order valence-electron chi connectivity index (χ2n) is 6.48. The number of rotatable bonds is 6. The van der Waals surface area contributed by atoms with E-state index in [-0.39, 0.29) is 11.4 Å². The lowest BCUT2D eigenvalue weighted by atomic mass is 9.79. The number of nitrogens with one attached hydrogen (secondary N) is 1. The van der Waals surface area contributed by atoms with Crippen molar-refractivity contribution in [3.05, 3.63) is 18.5 Å². The fourth-order valence-electron chi connectivity index (χ4n) is 3.66. The molecule has 1 saturated carbocycles. The number of thioether (sulfide) groups is 1. The molecule has 0 aromatic carbocycles. The number of nitrogens with zero attached hydrogens (tertiary/aromatic N) is 3. The Balaban J connectivity index is 1.52. The van der Waals surface area contributed by atoms with Crippen molar-refractivity contribution in [3.8, 4) is 0 Å². The largest absolute Gasteiger partial charge is 0.379 e. The number of hydrogen-bond donors (Lipinski definition) is 1. The van der Waals surface area contributed by atoms with Crippen LogP contribution in [0.25, 0.3) is 0 Å². The average molecular weight is 350 g/mol. The van der Waals surface area contributed by atoms with E-state index in [1.54, 1.807) is 18.5 Å².